The Balaban J connectivity index is -0.0000000939. The third-order valence-corrected chi connectivity index (χ3v) is 6.47. The van der Waals surface area contributed by atoms with Crippen molar-refractivity contribution in [3.63, 3.8) is 0 Å². The molecular formula is C24H60O2S4Si2. The topological polar surface area (TPSA) is 18.5 Å². The Morgan fingerprint density at radius 1 is 0.469 bits per heavy atom. The summed E-state index contributed by atoms with van der Waals surface area (Å²) in [7, 11) is 1.32. The molecule has 0 aliphatic carbocycles. The van der Waals surface area contributed by atoms with Crippen LogP contribution in [-0.2, 0) is 8.85 Å². The van der Waals surface area contributed by atoms with E-state index in [4.69, 9.17) is 8.85 Å². The fourth-order valence-electron chi connectivity index (χ4n) is 3.79. The summed E-state index contributed by atoms with van der Waals surface area (Å²) in [6.07, 6.45) is 3.14. The van der Waals surface area contributed by atoms with Crippen LogP contribution in [0, 0.1) is 21.7 Å². The molecule has 0 bridgehead atoms. The smallest absolute Gasteiger partial charge is 0.230 e. The molecule has 0 aromatic rings. The third-order valence-electron chi connectivity index (χ3n) is 4.25. The van der Waals surface area contributed by atoms with E-state index >= 15 is 0 Å². The van der Waals surface area contributed by atoms with E-state index in [1.807, 2.05) is 0 Å². The molecule has 8 heteroatoms. The van der Waals surface area contributed by atoms with Crippen LogP contribution in [0.4, 0.5) is 0 Å². The highest BCUT2D eigenvalue weighted by atomic mass is 32.1. The molecule has 0 aromatic heterocycles. The Morgan fingerprint density at radius 2 is 0.656 bits per heavy atom. The monoisotopic (exact) mass is 564 g/mol. The molecule has 0 aromatic carbocycles. The van der Waals surface area contributed by atoms with Crippen LogP contribution in [0.5, 0.6) is 0 Å². The normalized spacial score (nSPS) is 12.0. The minimum atomic E-state index is 0. The Morgan fingerprint density at radius 3 is 0.781 bits per heavy atom. The Kier molecular flexibility index (Phi) is 30.7. The van der Waals surface area contributed by atoms with Gasteiger partial charge in [-0.15, -0.1) is 0 Å². The summed E-state index contributed by atoms with van der Waals surface area (Å²) < 4.78 is 12.1. The summed E-state index contributed by atoms with van der Waals surface area (Å²) in [6, 6.07) is 2.39. The zero-order chi connectivity index (χ0) is 22.8. The predicted molar refractivity (Wildman–Crippen MR) is 171 cm³/mol. The molecule has 0 spiro atoms. The molecule has 0 aliphatic rings. The van der Waals surface area contributed by atoms with Gasteiger partial charge in [-0.3, -0.25) is 0 Å². The molecule has 4 radical (unpaired) electrons. The van der Waals surface area contributed by atoms with Gasteiger partial charge in [0, 0.05) is 0 Å². The zero-order valence-electron chi connectivity index (χ0n) is 23.8. The van der Waals surface area contributed by atoms with Crippen molar-refractivity contribution in [2.75, 3.05) is 0 Å². The van der Waals surface area contributed by atoms with Crippen molar-refractivity contribution in [2.24, 2.45) is 21.7 Å². The van der Waals surface area contributed by atoms with E-state index in [9.17, 15) is 0 Å². The van der Waals surface area contributed by atoms with E-state index in [1.54, 1.807) is 0 Å². The summed E-state index contributed by atoms with van der Waals surface area (Å²) in [6.45, 7) is 31.6. The van der Waals surface area contributed by atoms with E-state index in [0.29, 0.717) is 31.7 Å². The van der Waals surface area contributed by atoms with Gasteiger partial charge in [-0.25, -0.2) is 0 Å². The molecule has 0 N–H and O–H groups in total. The van der Waals surface area contributed by atoms with Gasteiger partial charge in [0.1, 0.15) is 0 Å². The Bertz CT molecular complexity index is 333. The summed E-state index contributed by atoms with van der Waals surface area (Å²) >= 11 is 0. The Labute approximate surface area is 237 Å². The van der Waals surface area contributed by atoms with Crippen LogP contribution in [0.25, 0.3) is 0 Å². The van der Waals surface area contributed by atoms with Crippen LogP contribution in [-0.4, -0.2) is 31.7 Å². The average Bonchev–Trinajstić information content (AvgIpc) is 2.43. The molecule has 200 valence electrons. The maximum Gasteiger partial charge on any atom is 0.230 e. The second kappa shape index (κ2) is 20.9. The quantitative estimate of drug-likeness (QED) is 0.218. The van der Waals surface area contributed by atoms with Crippen LogP contribution < -0.4 is 0 Å². The summed E-state index contributed by atoms with van der Waals surface area (Å²) in [5, 5.41) is 0. The molecule has 0 saturated carbocycles. The van der Waals surface area contributed by atoms with Gasteiger partial charge in [-0.2, -0.15) is 54.0 Å². The summed E-state index contributed by atoms with van der Waals surface area (Å²) in [4.78, 5) is 0. The first-order valence-corrected chi connectivity index (χ1v) is 13.4. The Hall–Kier alpha value is 1.75. The van der Waals surface area contributed by atoms with Gasteiger partial charge in [0.25, 0.3) is 0 Å². The second-order valence-electron chi connectivity index (χ2n) is 12.2. The molecule has 0 rings (SSSR count). The SMILES string of the molecule is CCC[Si]OC(C(C)(C)C)C(C)(C)C.CCC[Si]OC(C(C)(C)C)C(C)(C)C.S.S.S.S. The van der Waals surface area contributed by atoms with Gasteiger partial charge in [0.2, 0.25) is 19.5 Å². The lowest BCUT2D eigenvalue weighted by Crippen LogP contribution is -2.41. The molecule has 0 amide bonds. The molecule has 0 aliphatic heterocycles. The van der Waals surface area contributed by atoms with Crippen LogP contribution in [0.2, 0.25) is 12.1 Å². The van der Waals surface area contributed by atoms with Crippen molar-refractivity contribution in [3.05, 3.63) is 0 Å². The molecule has 2 nitrogen and oxygen atoms in total. The predicted octanol–water partition coefficient (Wildman–Crippen LogP) is 8.27. The molecule has 32 heavy (non-hydrogen) atoms. The maximum atomic E-state index is 6.04. The van der Waals surface area contributed by atoms with Gasteiger partial charge in [0.05, 0.1) is 12.2 Å². The molecule has 0 unspecified atom stereocenters. The highest BCUT2D eigenvalue weighted by Gasteiger charge is 2.36. The number of hydrogen-bond donors (Lipinski definition) is 0. The maximum absolute atomic E-state index is 6.04. The van der Waals surface area contributed by atoms with E-state index in [0.717, 1.165) is 0 Å². The lowest BCUT2D eigenvalue weighted by atomic mass is 9.74. The summed E-state index contributed by atoms with van der Waals surface area (Å²) in [5.41, 5.74) is 0.940. The van der Waals surface area contributed by atoms with Gasteiger partial charge in [0.15, 0.2) is 0 Å². The van der Waals surface area contributed by atoms with E-state index in [-0.39, 0.29) is 75.6 Å². The highest BCUT2D eigenvalue weighted by Crippen LogP contribution is 2.36. The first-order valence-electron chi connectivity index (χ1n) is 11.2. The first kappa shape index (κ1) is 47.0. The van der Waals surface area contributed by atoms with E-state index < -0.39 is 0 Å². The lowest BCUT2D eigenvalue weighted by molar-refractivity contribution is 0.0000434. The molecule has 0 atom stereocenters. The van der Waals surface area contributed by atoms with E-state index in [1.165, 1.54) is 24.9 Å². The molecular weight excluding hydrogens is 505 g/mol. The second-order valence-corrected chi connectivity index (χ2v) is 14.3. The first-order chi connectivity index (χ1) is 12.4. The van der Waals surface area contributed by atoms with Crippen LogP contribution in [0.15, 0.2) is 0 Å². The standard InChI is InChI=1S/2C12H26OSi.4H2S/c2*1-8-9-14-13-10(11(2,3)4)12(5,6)7;;;;/h2*10H,8-9H2,1-7H3;4*1H2. The zero-order valence-corrected chi connectivity index (χ0v) is 29.8. The van der Waals surface area contributed by atoms with Crippen LogP contribution in [0.1, 0.15) is 110 Å². The minimum absolute atomic E-state index is 0. The lowest BCUT2D eigenvalue weighted by Gasteiger charge is -2.40. The fraction of sp³-hybridized carbons (Fsp3) is 1.00. The highest BCUT2D eigenvalue weighted by molar-refractivity contribution is 7.59. The molecule has 0 fully saturated rings. The van der Waals surface area contributed by atoms with Gasteiger partial charge < -0.3 is 8.85 Å². The van der Waals surface area contributed by atoms with Gasteiger partial charge in [-0.05, 0) is 33.7 Å². The van der Waals surface area contributed by atoms with Crippen molar-refractivity contribution in [2.45, 2.75) is 134 Å². The average molecular weight is 565 g/mol. The fourth-order valence-corrected chi connectivity index (χ4v) is 6.19. The van der Waals surface area contributed by atoms with Crippen molar-refractivity contribution in [1.82, 2.24) is 0 Å². The minimum Gasteiger partial charge on any atom is -0.414 e. The molecule has 0 heterocycles. The van der Waals surface area contributed by atoms with Gasteiger partial charge >= 0.3 is 0 Å². The number of rotatable bonds is 8. The van der Waals surface area contributed by atoms with Crippen LogP contribution in [0.3, 0.4) is 0 Å². The van der Waals surface area contributed by atoms with Crippen molar-refractivity contribution in [3.8, 4) is 0 Å². The summed E-state index contributed by atoms with van der Waals surface area (Å²) in [5.74, 6) is 0. The third kappa shape index (κ3) is 23.5. The van der Waals surface area contributed by atoms with Crippen LogP contribution >= 0.6 is 54.0 Å². The van der Waals surface area contributed by atoms with Crippen molar-refractivity contribution < 1.29 is 8.85 Å². The van der Waals surface area contributed by atoms with Crippen molar-refractivity contribution in [1.29, 1.82) is 0 Å². The molecule has 0 saturated heterocycles. The largest absolute Gasteiger partial charge is 0.414 e. The van der Waals surface area contributed by atoms with E-state index in [2.05, 4.69) is 96.9 Å². The number of hydrogen-bond acceptors (Lipinski definition) is 2. The van der Waals surface area contributed by atoms with Gasteiger partial charge in [-0.1, -0.05) is 110 Å². The van der Waals surface area contributed by atoms with Crippen molar-refractivity contribution >= 4 is 73.5 Å².